The van der Waals surface area contributed by atoms with Crippen LogP contribution in [0.4, 0.5) is 0 Å². The molecule has 0 amide bonds. The Labute approximate surface area is 70.5 Å². The molecule has 7 heavy (non-hydrogen) atoms. The van der Waals surface area contributed by atoms with Gasteiger partial charge in [0.25, 0.3) is 0 Å². The van der Waals surface area contributed by atoms with Crippen LogP contribution < -0.4 is 29.6 Å². The van der Waals surface area contributed by atoms with Gasteiger partial charge in [0.05, 0.1) is 0 Å². The Hall–Kier alpha value is 1.33. The maximum absolute atomic E-state index is 9.81. The Morgan fingerprint density at radius 3 is 2.00 bits per heavy atom. The molecule has 0 bridgehead atoms. The molecular formula is C2H5NaO2S2. The Bertz CT molecular complexity index is 116. The Kier molecular flexibility index (Phi) is 6.75. The van der Waals surface area contributed by atoms with Crippen molar-refractivity contribution < 1.29 is 38.3 Å². The SMILES string of the molecule is CCS(=O)([O-])=S.[Na+]. The molecule has 0 aliphatic rings. The summed E-state index contributed by atoms with van der Waals surface area (Å²) < 4.78 is 19.6. The van der Waals surface area contributed by atoms with Crippen molar-refractivity contribution in [3.05, 3.63) is 0 Å². The van der Waals surface area contributed by atoms with E-state index in [4.69, 9.17) is 0 Å². The fraction of sp³-hybridized carbons (Fsp3) is 1.00. The molecule has 1 unspecified atom stereocenters. The van der Waals surface area contributed by atoms with Gasteiger partial charge in [-0.3, -0.25) is 4.21 Å². The van der Waals surface area contributed by atoms with Crippen molar-refractivity contribution in [1.82, 2.24) is 0 Å². The van der Waals surface area contributed by atoms with Crippen LogP contribution in [0.1, 0.15) is 6.92 Å². The topological polar surface area (TPSA) is 40.1 Å². The molecule has 1 atom stereocenters. The van der Waals surface area contributed by atoms with Crippen molar-refractivity contribution in [3.8, 4) is 0 Å². The average Bonchev–Trinajstić information content (AvgIpc) is 1.35. The van der Waals surface area contributed by atoms with Gasteiger partial charge >= 0.3 is 29.6 Å². The quantitative estimate of drug-likeness (QED) is 0.369. The van der Waals surface area contributed by atoms with Crippen LogP contribution in [-0.2, 0) is 20.0 Å². The third kappa shape index (κ3) is 11.1. The summed E-state index contributed by atoms with van der Waals surface area (Å²) in [5.74, 6) is 0.0579. The van der Waals surface area contributed by atoms with Crippen molar-refractivity contribution in [3.63, 3.8) is 0 Å². The molecule has 0 spiro atoms. The van der Waals surface area contributed by atoms with Crippen LogP contribution in [0.15, 0.2) is 0 Å². The van der Waals surface area contributed by atoms with E-state index in [9.17, 15) is 8.76 Å². The summed E-state index contributed by atoms with van der Waals surface area (Å²) >= 11 is 3.96. The Morgan fingerprint density at radius 2 is 2.00 bits per heavy atom. The number of rotatable bonds is 1. The summed E-state index contributed by atoms with van der Waals surface area (Å²) in [6.45, 7) is 1.52. The van der Waals surface area contributed by atoms with Crippen LogP contribution in [-0.4, -0.2) is 14.5 Å². The van der Waals surface area contributed by atoms with Crippen molar-refractivity contribution in [1.29, 1.82) is 0 Å². The Morgan fingerprint density at radius 1 is 1.86 bits per heavy atom. The monoisotopic (exact) mass is 148 g/mol. The average molecular weight is 148 g/mol. The second-order valence-corrected chi connectivity index (χ2v) is 4.06. The molecule has 0 aliphatic carbocycles. The maximum atomic E-state index is 9.81. The molecule has 0 rings (SSSR count). The molecule has 2 nitrogen and oxygen atoms in total. The van der Waals surface area contributed by atoms with Gasteiger partial charge in [-0.1, -0.05) is 6.92 Å². The molecule has 38 valence electrons. The maximum Gasteiger partial charge on any atom is 1.00 e. The summed E-state index contributed by atoms with van der Waals surface area (Å²) in [6, 6.07) is 0. The molecule has 5 heteroatoms. The molecule has 0 fully saturated rings. The summed E-state index contributed by atoms with van der Waals surface area (Å²) in [5, 5.41) is 0. The second-order valence-electron chi connectivity index (χ2n) is 0.846. The zero-order valence-electron chi connectivity index (χ0n) is 4.34. The predicted molar refractivity (Wildman–Crippen MR) is 26.8 cm³/mol. The van der Waals surface area contributed by atoms with Crippen LogP contribution >= 0.6 is 0 Å². The molecule has 0 radical (unpaired) electrons. The minimum atomic E-state index is -3.08. The van der Waals surface area contributed by atoms with Gasteiger partial charge in [0.2, 0.25) is 0 Å². The van der Waals surface area contributed by atoms with E-state index in [1.165, 1.54) is 6.92 Å². The van der Waals surface area contributed by atoms with Gasteiger partial charge in [0.1, 0.15) is 0 Å². The van der Waals surface area contributed by atoms with Crippen LogP contribution in [0.2, 0.25) is 0 Å². The zero-order chi connectivity index (χ0) is 5.21. The van der Waals surface area contributed by atoms with Gasteiger partial charge in [-0.15, -0.1) is 0 Å². The minimum Gasteiger partial charge on any atom is -0.769 e. The summed E-state index contributed by atoms with van der Waals surface area (Å²) in [4.78, 5) is 0. The summed E-state index contributed by atoms with van der Waals surface area (Å²) in [7, 11) is -3.08. The van der Waals surface area contributed by atoms with E-state index in [1.807, 2.05) is 0 Å². The predicted octanol–water partition coefficient (Wildman–Crippen LogP) is -3.11. The van der Waals surface area contributed by atoms with Crippen molar-refractivity contribution >= 4 is 20.0 Å². The van der Waals surface area contributed by atoms with E-state index in [0.29, 0.717) is 0 Å². The summed E-state index contributed by atoms with van der Waals surface area (Å²) in [6.07, 6.45) is 0. The van der Waals surface area contributed by atoms with E-state index in [2.05, 4.69) is 11.2 Å². The van der Waals surface area contributed by atoms with Gasteiger partial charge < -0.3 is 4.55 Å². The first-order chi connectivity index (χ1) is 2.56. The molecular weight excluding hydrogens is 143 g/mol. The van der Waals surface area contributed by atoms with Gasteiger partial charge in [-0.25, -0.2) is 0 Å². The molecule has 0 saturated heterocycles. The van der Waals surface area contributed by atoms with Crippen molar-refractivity contribution in [2.45, 2.75) is 6.92 Å². The van der Waals surface area contributed by atoms with E-state index < -0.39 is 8.77 Å². The van der Waals surface area contributed by atoms with E-state index >= 15 is 0 Å². The van der Waals surface area contributed by atoms with Gasteiger partial charge in [-0.2, -0.15) is 0 Å². The molecule has 0 saturated carbocycles. The molecule has 0 aliphatic heterocycles. The number of hydrogen-bond acceptors (Lipinski definition) is 3. The third-order valence-electron chi connectivity index (χ3n) is 0.354. The molecule has 0 aromatic heterocycles. The van der Waals surface area contributed by atoms with E-state index in [-0.39, 0.29) is 35.3 Å². The normalized spacial score (nSPS) is 16.9. The van der Waals surface area contributed by atoms with E-state index in [0.717, 1.165) is 0 Å². The van der Waals surface area contributed by atoms with Crippen molar-refractivity contribution in [2.75, 3.05) is 5.75 Å². The van der Waals surface area contributed by atoms with Crippen LogP contribution in [0.5, 0.6) is 0 Å². The van der Waals surface area contributed by atoms with Crippen LogP contribution in [0.3, 0.4) is 0 Å². The first-order valence-electron chi connectivity index (χ1n) is 1.50. The largest absolute Gasteiger partial charge is 1.00 e. The van der Waals surface area contributed by atoms with Gasteiger partial charge in [0.15, 0.2) is 0 Å². The smallest absolute Gasteiger partial charge is 0.769 e. The molecule has 0 aromatic carbocycles. The zero-order valence-corrected chi connectivity index (χ0v) is 7.97. The fourth-order valence-corrected chi connectivity index (χ4v) is 0. The van der Waals surface area contributed by atoms with Crippen LogP contribution in [0.25, 0.3) is 0 Å². The van der Waals surface area contributed by atoms with Crippen LogP contribution in [0, 0.1) is 0 Å². The first-order valence-corrected chi connectivity index (χ1v) is 4.07. The van der Waals surface area contributed by atoms with Gasteiger partial charge in [0, 0.05) is 5.75 Å². The molecule has 0 N–H and O–H groups in total. The fourth-order valence-electron chi connectivity index (χ4n) is 0. The number of hydrogen-bond donors (Lipinski definition) is 0. The minimum absolute atomic E-state index is 0. The first kappa shape index (κ1) is 11.2. The van der Waals surface area contributed by atoms with Gasteiger partial charge in [-0.05, 0) is 20.0 Å². The summed E-state index contributed by atoms with van der Waals surface area (Å²) in [5.41, 5.74) is 0. The molecule has 0 aromatic rings. The molecule has 0 heterocycles. The third-order valence-corrected chi connectivity index (χ3v) is 1.77. The van der Waals surface area contributed by atoms with E-state index in [1.54, 1.807) is 0 Å². The second kappa shape index (κ2) is 4.23. The Balaban J connectivity index is 0. The van der Waals surface area contributed by atoms with Crippen molar-refractivity contribution in [2.24, 2.45) is 0 Å². The standard InChI is InChI=1S/C2H6O2S2.Na/c1-2-6(3,4)5;/h2H2,1H3,(H,3,4,5);/q;+1/p-1.